The third-order valence-electron chi connectivity index (χ3n) is 3.63. The first kappa shape index (κ1) is 14.2. The van der Waals surface area contributed by atoms with Gasteiger partial charge in [-0.2, -0.15) is 0 Å². The maximum absolute atomic E-state index is 10.2. The summed E-state index contributed by atoms with van der Waals surface area (Å²) in [5.41, 5.74) is 0.612. The van der Waals surface area contributed by atoms with Crippen LogP contribution in [0.5, 0.6) is 11.5 Å². The second-order valence-electron chi connectivity index (χ2n) is 5.30. The summed E-state index contributed by atoms with van der Waals surface area (Å²) in [6.07, 6.45) is 1.89. The molecule has 0 aromatic heterocycles. The topological polar surface area (TPSA) is 41.9 Å². The molecule has 0 bridgehead atoms. The molecule has 1 fully saturated rings. The first-order valence-electron chi connectivity index (χ1n) is 6.76. The summed E-state index contributed by atoms with van der Waals surface area (Å²) in [6, 6.07) is 5.81. The van der Waals surface area contributed by atoms with Crippen LogP contribution >= 0.6 is 0 Å². The van der Waals surface area contributed by atoms with Crippen molar-refractivity contribution in [2.75, 3.05) is 27.3 Å². The molecule has 0 amide bonds. The van der Waals surface area contributed by atoms with Crippen molar-refractivity contribution >= 4 is 0 Å². The molecule has 1 heterocycles. The Kier molecular flexibility index (Phi) is 4.32. The molecule has 106 valence electrons. The van der Waals surface area contributed by atoms with Crippen molar-refractivity contribution in [2.45, 2.75) is 31.9 Å². The van der Waals surface area contributed by atoms with Crippen molar-refractivity contribution in [1.29, 1.82) is 0 Å². The van der Waals surface area contributed by atoms with Gasteiger partial charge >= 0.3 is 0 Å². The van der Waals surface area contributed by atoms with Gasteiger partial charge in [0.1, 0.15) is 11.5 Å². The van der Waals surface area contributed by atoms with E-state index in [2.05, 4.69) is 11.8 Å². The van der Waals surface area contributed by atoms with Gasteiger partial charge in [0.05, 0.1) is 19.8 Å². The molecule has 1 saturated heterocycles. The van der Waals surface area contributed by atoms with Crippen molar-refractivity contribution in [1.82, 2.24) is 4.90 Å². The smallest absolute Gasteiger partial charge is 0.123 e. The van der Waals surface area contributed by atoms with E-state index in [1.54, 1.807) is 14.2 Å². The molecule has 1 aromatic carbocycles. The Morgan fingerprint density at radius 3 is 2.58 bits per heavy atom. The maximum Gasteiger partial charge on any atom is 0.123 e. The van der Waals surface area contributed by atoms with Gasteiger partial charge in [-0.3, -0.25) is 4.90 Å². The van der Waals surface area contributed by atoms with Crippen molar-refractivity contribution in [3.05, 3.63) is 23.8 Å². The third-order valence-corrected chi connectivity index (χ3v) is 3.63. The number of rotatable bonds is 6. The molecule has 1 N–H and O–H groups in total. The number of benzene rings is 1. The molecule has 0 radical (unpaired) electrons. The van der Waals surface area contributed by atoms with E-state index in [4.69, 9.17) is 9.47 Å². The minimum Gasteiger partial charge on any atom is -0.497 e. The van der Waals surface area contributed by atoms with E-state index in [-0.39, 0.29) is 0 Å². The quantitative estimate of drug-likeness (QED) is 0.855. The summed E-state index contributed by atoms with van der Waals surface area (Å²) in [4.78, 5) is 2.23. The normalized spacial score (nSPS) is 17.9. The monoisotopic (exact) mass is 265 g/mol. The highest BCUT2D eigenvalue weighted by atomic mass is 16.5. The molecule has 0 atom stereocenters. The highest BCUT2D eigenvalue weighted by Crippen LogP contribution is 2.31. The van der Waals surface area contributed by atoms with Crippen LogP contribution in [0.15, 0.2) is 18.2 Å². The SMILES string of the molecule is CCCC1(O)CN(Cc2cc(OC)ccc2OC)C1. The van der Waals surface area contributed by atoms with Crippen molar-refractivity contribution < 1.29 is 14.6 Å². The zero-order valence-corrected chi connectivity index (χ0v) is 12.0. The first-order chi connectivity index (χ1) is 9.10. The van der Waals surface area contributed by atoms with Crippen LogP contribution in [0, 0.1) is 0 Å². The summed E-state index contributed by atoms with van der Waals surface area (Å²) < 4.78 is 10.6. The van der Waals surface area contributed by atoms with Gasteiger partial charge < -0.3 is 14.6 Å². The van der Waals surface area contributed by atoms with E-state index in [0.717, 1.165) is 49.5 Å². The number of nitrogens with zero attached hydrogens (tertiary/aromatic N) is 1. The molecule has 2 rings (SSSR count). The van der Waals surface area contributed by atoms with Crippen LogP contribution in [0.4, 0.5) is 0 Å². The molecule has 0 saturated carbocycles. The predicted molar refractivity (Wildman–Crippen MR) is 74.7 cm³/mol. The Bertz CT molecular complexity index is 427. The fourth-order valence-electron chi connectivity index (χ4n) is 2.77. The summed E-state index contributed by atoms with van der Waals surface area (Å²) in [6.45, 7) is 4.36. The third kappa shape index (κ3) is 3.19. The van der Waals surface area contributed by atoms with Gasteiger partial charge in [-0.15, -0.1) is 0 Å². The Labute approximate surface area is 114 Å². The minimum absolute atomic E-state index is 0.485. The summed E-state index contributed by atoms with van der Waals surface area (Å²) in [7, 11) is 3.34. The summed E-state index contributed by atoms with van der Waals surface area (Å²) >= 11 is 0. The molecule has 0 aliphatic carbocycles. The van der Waals surface area contributed by atoms with Crippen molar-refractivity contribution in [2.24, 2.45) is 0 Å². The van der Waals surface area contributed by atoms with Crippen molar-refractivity contribution in [3.63, 3.8) is 0 Å². The van der Waals surface area contributed by atoms with E-state index in [0.29, 0.717) is 0 Å². The zero-order chi connectivity index (χ0) is 13.9. The Balaban J connectivity index is 2.00. The lowest BCUT2D eigenvalue weighted by molar-refractivity contribution is -0.106. The molecule has 0 unspecified atom stereocenters. The van der Waals surface area contributed by atoms with Gasteiger partial charge in [-0.1, -0.05) is 13.3 Å². The molecule has 1 aliphatic heterocycles. The predicted octanol–water partition coefficient (Wildman–Crippen LogP) is 2.05. The van der Waals surface area contributed by atoms with E-state index in [1.165, 1.54) is 0 Å². The number of ether oxygens (including phenoxy) is 2. The van der Waals surface area contributed by atoms with E-state index >= 15 is 0 Å². The van der Waals surface area contributed by atoms with Crippen LogP contribution in [0.2, 0.25) is 0 Å². The molecular formula is C15H23NO3. The van der Waals surface area contributed by atoms with Crippen molar-refractivity contribution in [3.8, 4) is 11.5 Å². The fourth-order valence-corrected chi connectivity index (χ4v) is 2.77. The highest BCUT2D eigenvalue weighted by Gasteiger charge is 2.40. The van der Waals surface area contributed by atoms with E-state index in [9.17, 15) is 5.11 Å². The van der Waals surface area contributed by atoms with Gasteiger partial charge in [0.15, 0.2) is 0 Å². The average molecular weight is 265 g/mol. The summed E-state index contributed by atoms with van der Waals surface area (Å²) in [5.74, 6) is 1.70. The molecule has 19 heavy (non-hydrogen) atoms. The van der Waals surface area contributed by atoms with Gasteiger partial charge in [0.2, 0.25) is 0 Å². The van der Waals surface area contributed by atoms with Crippen LogP contribution < -0.4 is 9.47 Å². The largest absolute Gasteiger partial charge is 0.497 e. The Morgan fingerprint density at radius 1 is 1.26 bits per heavy atom. The lowest BCUT2D eigenvalue weighted by Crippen LogP contribution is -2.60. The molecule has 4 heteroatoms. The fraction of sp³-hybridized carbons (Fsp3) is 0.600. The van der Waals surface area contributed by atoms with Gasteiger partial charge in [0.25, 0.3) is 0 Å². The first-order valence-corrected chi connectivity index (χ1v) is 6.76. The highest BCUT2D eigenvalue weighted by molar-refractivity contribution is 5.40. The van der Waals surface area contributed by atoms with Crippen LogP contribution in [-0.2, 0) is 6.54 Å². The molecular weight excluding hydrogens is 242 g/mol. The lowest BCUT2D eigenvalue weighted by Gasteiger charge is -2.46. The number of hydrogen-bond acceptors (Lipinski definition) is 4. The molecule has 0 spiro atoms. The average Bonchev–Trinajstić information content (AvgIpc) is 2.37. The summed E-state index contributed by atoms with van der Waals surface area (Å²) in [5, 5.41) is 10.2. The van der Waals surface area contributed by atoms with Crippen LogP contribution in [0.1, 0.15) is 25.3 Å². The second kappa shape index (κ2) is 5.80. The van der Waals surface area contributed by atoms with Gasteiger partial charge in [0, 0.05) is 25.2 Å². The van der Waals surface area contributed by atoms with E-state index in [1.807, 2.05) is 18.2 Å². The Morgan fingerprint density at radius 2 is 2.00 bits per heavy atom. The number of likely N-dealkylation sites (tertiary alicyclic amines) is 1. The van der Waals surface area contributed by atoms with Gasteiger partial charge in [-0.25, -0.2) is 0 Å². The number of hydrogen-bond donors (Lipinski definition) is 1. The van der Waals surface area contributed by atoms with Gasteiger partial charge in [-0.05, 0) is 24.6 Å². The molecule has 1 aromatic rings. The zero-order valence-electron chi connectivity index (χ0n) is 12.0. The maximum atomic E-state index is 10.2. The standard InChI is InChI=1S/C15H23NO3/c1-4-7-15(17)10-16(11-15)9-12-8-13(18-2)5-6-14(12)19-3/h5-6,8,17H,4,7,9-11H2,1-3H3. The molecule has 1 aliphatic rings. The minimum atomic E-state index is -0.485. The van der Waals surface area contributed by atoms with Crippen LogP contribution in [0.25, 0.3) is 0 Å². The van der Waals surface area contributed by atoms with E-state index < -0.39 is 5.60 Å². The Hall–Kier alpha value is -1.26. The number of β-amino-alcohol motifs (C(OH)–C–C–N with tert-alkyl or cyclic N) is 1. The molecule has 4 nitrogen and oxygen atoms in total. The van der Waals surface area contributed by atoms with Crippen LogP contribution in [-0.4, -0.2) is 42.9 Å². The number of aliphatic hydroxyl groups is 1. The van der Waals surface area contributed by atoms with Crippen LogP contribution in [0.3, 0.4) is 0 Å². The second-order valence-corrected chi connectivity index (χ2v) is 5.30. The lowest BCUT2D eigenvalue weighted by atomic mass is 9.89. The number of methoxy groups -OCH3 is 2.